The molecule has 6 nitrogen and oxygen atoms in total. The average molecular weight is 426 g/mol. The minimum absolute atomic E-state index is 0.119. The van der Waals surface area contributed by atoms with Crippen LogP contribution in [0.15, 0.2) is 36.0 Å². The van der Waals surface area contributed by atoms with Gasteiger partial charge in [-0.25, -0.2) is 0 Å². The summed E-state index contributed by atoms with van der Waals surface area (Å²) < 4.78 is 4.54. The molecule has 0 aromatic heterocycles. The number of anilines is 1. The molecule has 2 amide bonds. The zero-order chi connectivity index (χ0) is 22.5. The van der Waals surface area contributed by atoms with Gasteiger partial charge in [-0.2, -0.15) is 0 Å². The Bertz CT molecular complexity index is 871. The van der Waals surface area contributed by atoms with Crippen molar-refractivity contribution >= 4 is 23.6 Å². The largest absolute Gasteiger partial charge is 0.385 e. The Labute approximate surface area is 186 Å². The molecule has 1 aromatic rings. The summed E-state index contributed by atoms with van der Waals surface area (Å²) in [4.78, 5) is 30.5. The van der Waals surface area contributed by atoms with Gasteiger partial charge in [0, 0.05) is 45.6 Å². The van der Waals surface area contributed by atoms with Crippen molar-refractivity contribution in [3.05, 3.63) is 47.2 Å². The van der Waals surface area contributed by atoms with Gasteiger partial charge >= 0.3 is 0 Å². The van der Waals surface area contributed by atoms with E-state index in [-0.39, 0.29) is 17.9 Å². The number of nitrogens with zero attached hydrogens (tertiary/aromatic N) is 3. The number of carbonyl (C=O) groups is 2. The highest BCUT2D eigenvalue weighted by Gasteiger charge is 2.37. The first-order valence-electron chi connectivity index (χ1n) is 11.2. The molecule has 2 heterocycles. The standard InChI is InChI=1S/C22H27N3O2.C3H8O/c1-4-24(5-2)22(27)16-11-19-17-7-6-8-20-18(17)9-15(12-25(20)14-26)10-21(19)23(3)13-16;1-3-4-2/h6-8,11-12,14,16,21H,4-5,9-10,13H2,1-3H3;3H2,1-2H3/t16-,21?;/m1./s1. The van der Waals surface area contributed by atoms with Crippen LogP contribution in [0.2, 0.25) is 0 Å². The van der Waals surface area contributed by atoms with E-state index >= 15 is 0 Å². The Kier molecular flexibility index (Phi) is 7.68. The lowest BCUT2D eigenvalue weighted by Crippen LogP contribution is -2.46. The second-order valence-corrected chi connectivity index (χ2v) is 8.26. The number of benzene rings is 1. The van der Waals surface area contributed by atoms with E-state index in [9.17, 15) is 9.59 Å². The summed E-state index contributed by atoms with van der Waals surface area (Å²) in [6.45, 7) is 9.06. The van der Waals surface area contributed by atoms with E-state index in [1.54, 1.807) is 12.0 Å². The highest BCUT2D eigenvalue weighted by Crippen LogP contribution is 2.43. The van der Waals surface area contributed by atoms with Crippen LogP contribution in [0.5, 0.6) is 0 Å². The lowest BCUT2D eigenvalue weighted by Gasteiger charge is -2.38. The normalized spacial score (nSPS) is 21.6. The number of ether oxygens (including phenoxy) is 1. The summed E-state index contributed by atoms with van der Waals surface area (Å²) in [5.41, 5.74) is 5.88. The summed E-state index contributed by atoms with van der Waals surface area (Å²) in [5.74, 6) is 0.0889. The molecule has 31 heavy (non-hydrogen) atoms. The molecule has 0 fully saturated rings. The zero-order valence-electron chi connectivity index (χ0n) is 19.4. The summed E-state index contributed by atoms with van der Waals surface area (Å²) in [5, 5.41) is 0. The first-order valence-corrected chi connectivity index (χ1v) is 11.2. The van der Waals surface area contributed by atoms with Gasteiger partial charge in [-0.3, -0.25) is 19.4 Å². The van der Waals surface area contributed by atoms with Gasteiger partial charge in [-0.05, 0) is 69.0 Å². The summed E-state index contributed by atoms with van der Waals surface area (Å²) in [7, 11) is 3.79. The maximum Gasteiger partial charge on any atom is 0.230 e. The molecule has 0 N–H and O–H groups in total. The molecule has 3 aliphatic rings. The van der Waals surface area contributed by atoms with Gasteiger partial charge in [-0.15, -0.1) is 0 Å². The molecule has 0 radical (unpaired) electrons. The van der Waals surface area contributed by atoms with E-state index in [2.05, 4.69) is 28.8 Å². The number of rotatable bonds is 5. The molecule has 1 unspecified atom stereocenters. The van der Waals surface area contributed by atoms with Crippen molar-refractivity contribution < 1.29 is 14.3 Å². The summed E-state index contributed by atoms with van der Waals surface area (Å²) in [6, 6.07) is 6.42. The lowest BCUT2D eigenvalue weighted by atomic mass is 9.86. The van der Waals surface area contributed by atoms with Crippen molar-refractivity contribution in [2.24, 2.45) is 5.92 Å². The molecule has 6 heteroatoms. The topological polar surface area (TPSA) is 53.1 Å². The Hall–Kier alpha value is -2.44. The minimum Gasteiger partial charge on any atom is -0.385 e. The third-order valence-corrected chi connectivity index (χ3v) is 6.47. The van der Waals surface area contributed by atoms with Gasteiger partial charge in [0.05, 0.1) is 11.6 Å². The minimum atomic E-state index is -0.119. The molecule has 1 aliphatic carbocycles. The maximum atomic E-state index is 13.0. The highest BCUT2D eigenvalue weighted by molar-refractivity contribution is 5.90. The van der Waals surface area contributed by atoms with Crippen molar-refractivity contribution in [3.63, 3.8) is 0 Å². The molecule has 1 aromatic carbocycles. The third kappa shape index (κ3) is 4.60. The Morgan fingerprint density at radius 3 is 2.58 bits per heavy atom. The first-order chi connectivity index (χ1) is 15.0. The SMILES string of the molecule is CCN(CC)C(=O)[C@@H]1C=C2c3cccc4c3CC(=CN4C=O)CC2N(C)C1.CCOC. The Balaban J connectivity index is 0.000000628. The number of hydrogen-bond acceptors (Lipinski definition) is 4. The smallest absolute Gasteiger partial charge is 0.230 e. The molecular formula is C25H35N3O3. The quantitative estimate of drug-likeness (QED) is 0.679. The number of hydrogen-bond donors (Lipinski definition) is 0. The van der Waals surface area contributed by atoms with Gasteiger partial charge in [-0.1, -0.05) is 18.2 Å². The van der Waals surface area contributed by atoms with Crippen LogP contribution in [-0.4, -0.2) is 68.6 Å². The van der Waals surface area contributed by atoms with Crippen molar-refractivity contribution in [1.29, 1.82) is 0 Å². The first kappa shape index (κ1) is 23.2. The van der Waals surface area contributed by atoms with E-state index in [0.717, 1.165) is 51.2 Å². The van der Waals surface area contributed by atoms with Crippen LogP contribution < -0.4 is 4.90 Å². The van der Waals surface area contributed by atoms with Crippen molar-refractivity contribution in [2.75, 3.05) is 45.3 Å². The van der Waals surface area contributed by atoms with Crippen LogP contribution in [0, 0.1) is 5.92 Å². The summed E-state index contributed by atoms with van der Waals surface area (Å²) in [6.07, 6.45) is 6.86. The molecule has 0 spiro atoms. The van der Waals surface area contributed by atoms with E-state index in [4.69, 9.17) is 0 Å². The molecule has 168 valence electrons. The fraction of sp³-hybridized carbons (Fsp3) is 0.520. The van der Waals surface area contributed by atoms with Crippen LogP contribution in [0.1, 0.15) is 38.3 Å². The monoisotopic (exact) mass is 425 g/mol. The fourth-order valence-electron chi connectivity index (χ4n) is 4.78. The van der Waals surface area contributed by atoms with E-state index in [1.807, 2.05) is 44.0 Å². The molecule has 2 aliphatic heterocycles. The maximum absolute atomic E-state index is 13.0. The van der Waals surface area contributed by atoms with Gasteiger partial charge < -0.3 is 9.64 Å². The van der Waals surface area contributed by atoms with E-state index in [1.165, 1.54) is 22.3 Å². The molecule has 2 bridgehead atoms. The predicted molar refractivity (Wildman–Crippen MR) is 125 cm³/mol. The number of methoxy groups -OCH3 is 1. The van der Waals surface area contributed by atoms with Crippen molar-refractivity contribution in [1.82, 2.24) is 9.80 Å². The van der Waals surface area contributed by atoms with Crippen molar-refractivity contribution in [2.45, 2.75) is 39.7 Å². The van der Waals surface area contributed by atoms with Crippen LogP contribution in [0.4, 0.5) is 5.69 Å². The van der Waals surface area contributed by atoms with E-state index < -0.39 is 0 Å². The Morgan fingerprint density at radius 2 is 1.97 bits per heavy atom. The molecule has 0 saturated heterocycles. The number of carbonyl (C=O) groups excluding carboxylic acids is 2. The van der Waals surface area contributed by atoms with Gasteiger partial charge in [0.25, 0.3) is 0 Å². The zero-order valence-corrected chi connectivity index (χ0v) is 19.4. The van der Waals surface area contributed by atoms with Gasteiger partial charge in [0.1, 0.15) is 0 Å². The number of amides is 2. The fourth-order valence-corrected chi connectivity index (χ4v) is 4.78. The number of fused-ring (bicyclic) bond motifs is 3. The summed E-state index contributed by atoms with van der Waals surface area (Å²) >= 11 is 0. The predicted octanol–water partition coefficient (Wildman–Crippen LogP) is 3.33. The second-order valence-electron chi connectivity index (χ2n) is 8.26. The highest BCUT2D eigenvalue weighted by atomic mass is 16.5. The van der Waals surface area contributed by atoms with Crippen LogP contribution in [-0.2, 0) is 20.7 Å². The molecule has 2 atom stereocenters. The number of likely N-dealkylation sites (N-methyl/N-ethyl adjacent to an activating group) is 1. The Morgan fingerprint density at radius 1 is 1.26 bits per heavy atom. The van der Waals surface area contributed by atoms with Crippen molar-refractivity contribution in [3.8, 4) is 0 Å². The average Bonchev–Trinajstić information content (AvgIpc) is 2.94. The van der Waals surface area contributed by atoms with Gasteiger partial charge in [0.2, 0.25) is 12.3 Å². The second kappa shape index (κ2) is 10.2. The van der Waals surface area contributed by atoms with Crippen LogP contribution >= 0.6 is 0 Å². The van der Waals surface area contributed by atoms with Crippen LogP contribution in [0.3, 0.4) is 0 Å². The lowest BCUT2D eigenvalue weighted by molar-refractivity contribution is -0.134. The van der Waals surface area contributed by atoms with Gasteiger partial charge in [0.15, 0.2) is 0 Å². The third-order valence-electron chi connectivity index (χ3n) is 6.47. The molecule has 0 saturated carbocycles. The molecule has 4 rings (SSSR count). The molecular weight excluding hydrogens is 390 g/mol. The van der Waals surface area contributed by atoms with E-state index in [0.29, 0.717) is 0 Å². The van der Waals surface area contributed by atoms with Crippen LogP contribution in [0.25, 0.3) is 5.57 Å².